The number of halogens is 1. The summed E-state index contributed by atoms with van der Waals surface area (Å²) < 4.78 is 33.5. The van der Waals surface area contributed by atoms with E-state index < -0.39 is 5.97 Å². The van der Waals surface area contributed by atoms with Crippen LogP contribution in [0.1, 0.15) is 17.3 Å². The summed E-state index contributed by atoms with van der Waals surface area (Å²) in [5.74, 6) is 0.466. The van der Waals surface area contributed by atoms with Crippen LogP contribution in [0.15, 0.2) is 59.1 Å². The van der Waals surface area contributed by atoms with Crippen molar-refractivity contribution in [1.82, 2.24) is 10.1 Å². The minimum Gasteiger partial charge on any atom is -0.485 e. The number of benzene rings is 2. The van der Waals surface area contributed by atoms with E-state index in [-0.39, 0.29) is 37.4 Å². The van der Waals surface area contributed by atoms with E-state index in [2.05, 4.69) is 10.1 Å². The zero-order valence-corrected chi connectivity index (χ0v) is 15.7. The molecule has 3 rings (SSSR count). The highest BCUT2D eigenvalue weighted by Gasteiger charge is 2.09. The van der Waals surface area contributed by atoms with Gasteiger partial charge in [0, 0.05) is 6.08 Å². The largest absolute Gasteiger partial charge is 0.485 e. The number of nitrogens with zero attached hydrogens (tertiary/aromatic N) is 3. The fourth-order valence-corrected chi connectivity index (χ4v) is 2.22. The summed E-state index contributed by atoms with van der Waals surface area (Å²) in [6.45, 7) is -0.192. The van der Waals surface area contributed by atoms with Gasteiger partial charge in [0.1, 0.15) is 23.4 Å². The number of aromatic nitrogens is 2. The predicted molar refractivity (Wildman–Crippen MR) is 101 cm³/mol. The molecule has 0 saturated heterocycles. The minimum atomic E-state index is -0.581. The van der Waals surface area contributed by atoms with Gasteiger partial charge in [-0.2, -0.15) is 10.2 Å². The van der Waals surface area contributed by atoms with Gasteiger partial charge < -0.3 is 18.7 Å². The van der Waals surface area contributed by atoms with Crippen molar-refractivity contribution in [2.75, 3.05) is 6.61 Å². The molecule has 0 amide bonds. The second kappa shape index (κ2) is 10.4. The highest BCUT2D eigenvalue weighted by Crippen LogP contribution is 2.14. The van der Waals surface area contributed by atoms with Gasteiger partial charge in [-0.25, -0.2) is 9.18 Å². The molecular formula is C21H16FN3O5. The van der Waals surface area contributed by atoms with Crippen LogP contribution >= 0.6 is 0 Å². The van der Waals surface area contributed by atoms with Crippen molar-refractivity contribution in [3.8, 4) is 17.6 Å². The molecule has 152 valence electrons. The zero-order valence-electron chi connectivity index (χ0n) is 15.7. The number of nitriles is 1. The maximum absolute atomic E-state index is 12.9. The lowest BCUT2D eigenvalue weighted by molar-refractivity contribution is -0.139. The lowest BCUT2D eigenvalue weighted by Gasteiger charge is -2.02. The monoisotopic (exact) mass is 409 g/mol. The number of carbonyl (C=O) groups excluding carboxylic acids is 1. The first-order chi connectivity index (χ1) is 14.6. The van der Waals surface area contributed by atoms with Crippen LogP contribution in [0, 0.1) is 17.1 Å². The molecule has 0 aliphatic rings. The molecule has 0 N–H and O–H groups in total. The molecular weight excluding hydrogens is 393 g/mol. The van der Waals surface area contributed by atoms with E-state index >= 15 is 0 Å². The second-order valence-electron chi connectivity index (χ2n) is 5.80. The molecule has 0 atom stereocenters. The van der Waals surface area contributed by atoms with Crippen LogP contribution in [0.25, 0.3) is 6.08 Å². The van der Waals surface area contributed by atoms with E-state index in [0.29, 0.717) is 11.5 Å². The smallest absolute Gasteiger partial charge is 0.331 e. The third-order valence-corrected chi connectivity index (χ3v) is 3.62. The molecule has 0 saturated carbocycles. The molecule has 3 aromatic rings. The van der Waals surface area contributed by atoms with Crippen molar-refractivity contribution in [3.05, 3.63) is 77.7 Å². The summed E-state index contributed by atoms with van der Waals surface area (Å²) >= 11 is 0. The number of carbonyl (C=O) groups is 1. The van der Waals surface area contributed by atoms with Gasteiger partial charge in [0.05, 0.1) is 0 Å². The van der Waals surface area contributed by atoms with Crippen LogP contribution in [0.3, 0.4) is 0 Å². The molecule has 0 aliphatic carbocycles. The average Bonchev–Trinajstić information content (AvgIpc) is 3.23. The first-order valence-corrected chi connectivity index (χ1v) is 8.77. The Kier molecular flexibility index (Phi) is 7.11. The SMILES string of the molecule is N#CCOc1ccc(/C=C/C(=O)OCc2nc(COc3ccc(F)cc3)no2)cc1. The van der Waals surface area contributed by atoms with Crippen molar-refractivity contribution in [2.45, 2.75) is 13.2 Å². The third-order valence-electron chi connectivity index (χ3n) is 3.62. The molecule has 8 nitrogen and oxygen atoms in total. The van der Waals surface area contributed by atoms with Gasteiger partial charge >= 0.3 is 5.97 Å². The van der Waals surface area contributed by atoms with Crippen molar-refractivity contribution in [3.63, 3.8) is 0 Å². The molecule has 0 fully saturated rings. The summed E-state index contributed by atoms with van der Waals surface area (Å²) in [5.41, 5.74) is 0.759. The summed E-state index contributed by atoms with van der Waals surface area (Å²) in [6, 6.07) is 14.3. The molecule has 0 spiro atoms. The third kappa shape index (κ3) is 6.45. The molecule has 0 unspecified atom stereocenters. The van der Waals surface area contributed by atoms with E-state index in [1.54, 1.807) is 30.3 Å². The highest BCUT2D eigenvalue weighted by molar-refractivity contribution is 5.87. The summed E-state index contributed by atoms with van der Waals surface area (Å²) in [5, 5.41) is 12.2. The van der Waals surface area contributed by atoms with Gasteiger partial charge in [-0.3, -0.25) is 0 Å². The van der Waals surface area contributed by atoms with Crippen molar-refractivity contribution < 1.29 is 27.9 Å². The molecule has 0 radical (unpaired) electrons. The van der Waals surface area contributed by atoms with Crippen LogP contribution in [-0.2, 0) is 22.7 Å². The van der Waals surface area contributed by atoms with Gasteiger partial charge in [-0.05, 0) is 48.0 Å². The zero-order chi connectivity index (χ0) is 21.2. The normalized spacial score (nSPS) is 10.5. The van der Waals surface area contributed by atoms with Gasteiger partial charge in [-0.15, -0.1) is 0 Å². The van der Waals surface area contributed by atoms with Crippen LogP contribution in [0.4, 0.5) is 4.39 Å². The Labute approximate surface area is 171 Å². The van der Waals surface area contributed by atoms with Crippen LogP contribution < -0.4 is 9.47 Å². The highest BCUT2D eigenvalue weighted by atomic mass is 19.1. The fourth-order valence-electron chi connectivity index (χ4n) is 2.22. The Balaban J connectivity index is 1.43. The number of ether oxygens (including phenoxy) is 3. The molecule has 1 aromatic heterocycles. The molecule has 30 heavy (non-hydrogen) atoms. The van der Waals surface area contributed by atoms with E-state index in [9.17, 15) is 9.18 Å². The van der Waals surface area contributed by atoms with Gasteiger partial charge in [0.2, 0.25) is 5.82 Å². The Morgan fingerprint density at radius 1 is 1.07 bits per heavy atom. The number of hydrogen-bond donors (Lipinski definition) is 0. The predicted octanol–water partition coefficient (Wildman–Crippen LogP) is 3.45. The lowest BCUT2D eigenvalue weighted by Crippen LogP contribution is -2.02. The summed E-state index contributed by atoms with van der Waals surface area (Å²) in [7, 11) is 0. The van der Waals surface area contributed by atoms with E-state index in [1.165, 1.54) is 30.3 Å². The Morgan fingerprint density at radius 3 is 2.50 bits per heavy atom. The van der Waals surface area contributed by atoms with Gasteiger partial charge in [-0.1, -0.05) is 17.3 Å². The quantitative estimate of drug-likeness (QED) is 0.391. The second-order valence-corrected chi connectivity index (χ2v) is 5.80. The lowest BCUT2D eigenvalue weighted by atomic mass is 10.2. The topological polar surface area (TPSA) is 107 Å². The van der Waals surface area contributed by atoms with Crippen LogP contribution in [-0.4, -0.2) is 22.7 Å². The minimum absolute atomic E-state index is 0.0249. The van der Waals surface area contributed by atoms with Gasteiger partial charge in [0.15, 0.2) is 19.8 Å². The first kappa shape index (κ1) is 20.5. The van der Waals surface area contributed by atoms with E-state index in [4.69, 9.17) is 24.0 Å². The van der Waals surface area contributed by atoms with Gasteiger partial charge in [0.25, 0.3) is 5.89 Å². The molecule has 0 bridgehead atoms. The van der Waals surface area contributed by atoms with E-state index in [0.717, 1.165) is 5.56 Å². The van der Waals surface area contributed by atoms with Crippen molar-refractivity contribution in [2.24, 2.45) is 0 Å². The fraction of sp³-hybridized carbons (Fsp3) is 0.143. The maximum atomic E-state index is 12.9. The summed E-state index contributed by atoms with van der Waals surface area (Å²) in [6.07, 6.45) is 2.84. The average molecular weight is 409 g/mol. The van der Waals surface area contributed by atoms with Crippen molar-refractivity contribution >= 4 is 12.0 Å². The number of rotatable bonds is 9. The van der Waals surface area contributed by atoms with Crippen LogP contribution in [0.5, 0.6) is 11.5 Å². The molecule has 2 aromatic carbocycles. The standard InChI is InChI=1S/C21H16FN3O5/c22-16-4-8-18(9-5-16)28-13-19-24-20(30-25-19)14-29-21(26)10-3-15-1-6-17(7-2-15)27-12-11-23/h1-10H,12-14H2/b10-3+. The van der Waals surface area contributed by atoms with Crippen molar-refractivity contribution in [1.29, 1.82) is 5.26 Å². The Hall–Kier alpha value is -4.19. The maximum Gasteiger partial charge on any atom is 0.331 e. The number of esters is 1. The van der Waals surface area contributed by atoms with Crippen LogP contribution in [0.2, 0.25) is 0 Å². The Morgan fingerprint density at radius 2 is 1.77 bits per heavy atom. The summed E-state index contributed by atoms with van der Waals surface area (Å²) in [4.78, 5) is 15.9. The molecule has 1 heterocycles. The number of hydrogen-bond acceptors (Lipinski definition) is 8. The Bertz CT molecular complexity index is 1040. The first-order valence-electron chi connectivity index (χ1n) is 8.77. The van der Waals surface area contributed by atoms with E-state index in [1.807, 2.05) is 6.07 Å². The molecule has 9 heteroatoms. The molecule has 0 aliphatic heterocycles.